The predicted octanol–water partition coefficient (Wildman–Crippen LogP) is 9.91. The van der Waals surface area contributed by atoms with Crippen LogP contribution in [0.5, 0.6) is 0 Å². The Bertz CT molecular complexity index is 1670. The fraction of sp³-hybridized carbons (Fsp3) is 0.324. The first-order valence-electron chi connectivity index (χ1n) is 15.2. The summed E-state index contributed by atoms with van der Waals surface area (Å²) in [6.45, 7) is 14.8. The molecule has 0 saturated carbocycles. The first-order chi connectivity index (χ1) is 20.3. The smallest absolute Gasteiger partial charge is 0.265 e. The Morgan fingerprint density at radius 1 is 0.810 bits per heavy atom. The molecule has 3 nitrogen and oxygen atoms in total. The summed E-state index contributed by atoms with van der Waals surface area (Å²) in [5.41, 5.74) is 5.27. The number of halogens is 1. The second-order valence-electron chi connectivity index (χ2n) is 11.7. The lowest BCUT2D eigenvalue weighted by Crippen LogP contribution is -2.47. The first kappa shape index (κ1) is 30.5. The van der Waals surface area contributed by atoms with Crippen molar-refractivity contribution >= 4 is 54.0 Å². The normalized spacial score (nSPS) is 11.8. The maximum atomic E-state index is 14.1. The highest BCUT2D eigenvalue weighted by Crippen LogP contribution is 2.36. The van der Waals surface area contributed by atoms with Crippen LogP contribution in [-0.2, 0) is 13.1 Å². The summed E-state index contributed by atoms with van der Waals surface area (Å²) in [5, 5.41) is 3.55. The first-order valence-corrected chi connectivity index (χ1v) is 16.8. The number of rotatable bonds is 12. The molecule has 5 heteroatoms. The molecular formula is C37H42BrN2OS+. The molecule has 5 rings (SSSR count). The SMILES string of the molecule is CC[N+](CC)(CCCCN(Cc1ccc2ccccc2c1)C(=O)c1sc2ccccc2c1Br)Cc1cc(C)cc(C)c1. The number of amides is 1. The van der Waals surface area contributed by atoms with E-state index in [9.17, 15) is 4.79 Å². The van der Waals surface area contributed by atoms with E-state index in [2.05, 4.69) is 121 Å². The average molecular weight is 643 g/mol. The number of thiophene rings is 1. The quantitative estimate of drug-likeness (QED) is 0.0980. The zero-order chi connectivity index (χ0) is 29.7. The number of carbonyl (C=O) groups excluding carboxylic acids is 1. The van der Waals surface area contributed by atoms with Gasteiger partial charge in [0.05, 0.1) is 19.6 Å². The fourth-order valence-electron chi connectivity index (χ4n) is 6.25. The number of nitrogens with zero attached hydrogens (tertiary/aromatic N) is 2. The fourth-order valence-corrected chi connectivity index (χ4v) is 8.20. The van der Waals surface area contributed by atoms with Gasteiger partial charge in [-0.3, -0.25) is 4.79 Å². The summed E-state index contributed by atoms with van der Waals surface area (Å²) in [7, 11) is 0. The molecule has 1 aromatic heterocycles. The van der Waals surface area contributed by atoms with E-state index in [-0.39, 0.29) is 5.91 Å². The number of hydrogen-bond donors (Lipinski definition) is 0. The Hall–Kier alpha value is -2.99. The molecule has 0 N–H and O–H groups in total. The van der Waals surface area contributed by atoms with Crippen molar-refractivity contribution in [2.24, 2.45) is 0 Å². The molecule has 0 atom stereocenters. The van der Waals surface area contributed by atoms with E-state index in [1.165, 1.54) is 33.0 Å². The molecule has 218 valence electrons. The minimum absolute atomic E-state index is 0.109. The van der Waals surface area contributed by atoms with Crippen molar-refractivity contribution in [3.05, 3.63) is 117 Å². The van der Waals surface area contributed by atoms with Crippen molar-refractivity contribution in [3.8, 4) is 0 Å². The second-order valence-corrected chi connectivity index (χ2v) is 13.6. The van der Waals surface area contributed by atoms with Crippen LogP contribution in [0.4, 0.5) is 0 Å². The molecule has 5 aromatic rings. The van der Waals surface area contributed by atoms with Gasteiger partial charge in [0, 0.05) is 33.2 Å². The lowest BCUT2D eigenvalue weighted by molar-refractivity contribution is -0.938. The molecular weight excluding hydrogens is 600 g/mol. The van der Waals surface area contributed by atoms with E-state index in [0.717, 1.165) is 69.5 Å². The van der Waals surface area contributed by atoms with Crippen LogP contribution in [0.25, 0.3) is 20.9 Å². The number of benzene rings is 4. The standard InChI is InChI=1S/C37H42BrN2OS/c1-5-40(6-2,26-30-22-27(3)21-28(4)23-30)20-12-11-19-39(25-29-17-18-31-13-7-8-14-32(31)24-29)37(41)36-35(38)33-15-9-10-16-34(33)42-36/h7-10,13-18,21-24H,5-6,11-12,19-20,25-26H2,1-4H3/q+1. The summed E-state index contributed by atoms with van der Waals surface area (Å²) in [6.07, 6.45) is 2.07. The minimum Gasteiger partial charge on any atom is -0.334 e. The maximum Gasteiger partial charge on any atom is 0.265 e. The predicted molar refractivity (Wildman–Crippen MR) is 183 cm³/mol. The third-order valence-electron chi connectivity index (χ3n) is 8.66. The third-order valence-corrected chi connectivity index (χ3v) is 10.9. The highest BCUT2D eigenvalue weighted by Gasteiger charge is 2.26. The van der Waals surface area contributed by atoms with Crippen LogP contribution in [0.15, 0.2) is 89.4 Å². The van der Waals surface area contributed by atoms with Crippen LogP contribution < -0.4 is 0 Å². The van der Waals surface area contributed by atoms with Crippen LogP contribution >= 0.6 is 27.3 Å². The highest BCUT2D eigenvalue weighted by atomic mass is 79.9. The van der Waals surface area contributed by atoms with E-state index in [4.69, 9.17) is 0 Å². The number of hydrogen-bond acceptors (Lipinski definition) is 2. The molecule has 1 amide bonds. The number of fused-ring (bicyclic) bond motifs is 2. The van der Waals surface area contributed by atoms with Crippen LogP contribution in [0, 0.1) is 13.8 Å². The van der Waals surface area contributed by atoms with E-state index in [1.54, 1.807) is 11.3 Å². The summed E-state index contributed by atoms with van der Waals surface area (Å²) in [5.74, 6) is 0.109. The van der Waals surface area contributed by atoms with E-state index in [0.29, 0.717) is 6.54 Å². The molecule has 42 heavy (non-hydrogen) atoms. The second kappa shape index (κ2) is 13.5. The minimum atomic E-state index is 0.109. The van der Waals surface area contributed by atoms with Crippen molar-refractivity contribution in [3.63, 3.8) is 0 Å². The summed E-state index contributed by atoms with van der Waals surface area (Å²) >= 11 is 5.35. The largest absolute Gasteiger partial charge is 0.334 e. The van der Waals surface area contributed by atoms with Gasteiger partial charge in [0.1, 0.15) is 11.4 Å². The molecule has 0 bridgehead atoms. The Morgan fingerprint density at radius 3 is 2.21 bits per heavy atom. The Kier molecular flexibility index (Phi) is 9.82. The van der Waals surface area contributed by atoms with Gasteiger partial charge in [0.2, 0.25) is 0 Å². The highest BCUT2D eigenvalue weighted by molar-refractivity contribution is 9.10. The van der Waals surface area contributed by atoms with Crippen molar-refractivity contribution in [2.75, 3.05) is 26.2 Å². The Morgan fingerprint density at radius 2 is 1.50 bits per heavy atom. The van der Waals surface area contributed by atoms with Crippen LogP contribution in [0.2, 0.25) is 0 Å². The number of unbranched alkanes of at least 4 members (excludes halogenated alkanes) is 1. The molecule has 0 unspecified atom stereocenters. The maximum absolute atomic E-state index is 14.1. The molecule has 0 radical (unpaired) electrons. The molecule has 4 aromatic carbocycles. The van der Waals surface area contributed by atoms with Crippen LogP contribution in [-0.4, -0.2) is 41.5 Å². The topological polar surface area (TPSA) is 20.3 Å². The zero-order valence-electron chi connectivity index (χ0n) is 25.3. The van der Waals surface area contributed by atoms with Crippen molar-refractivity contribution in [1.29, 1.82) is 0 Å². The van der Waals surface area contributed by atoms with Gasteiger partial charge >= 0.3 is 0 Å². The van der Waals surface area contributed by atoms with Gasteiger partial charge < -0.3 is 9.38 Å². The van der Waals surface area contributed by atoms with E-state index < -0.39 is 0 Å². The average Bonchev–Trinajstić information content (AvgIpc) is 3.33. The molecule has 0 fully saturated rings. The third kappa shape index (κ3) is 6.96. The summed E-state index contributed by atoms with van der Waals surface area (Å²) in [4.78, 5) is 17.0. The lowest BCUT2D eigenvalue weighted by Gasteiger charge is -2.37. The van der Waals surface area contributed by atoms with Crippen LogP contribution in [0.1, 0.15) is 58.6 Å². The molecule has 0 aliphatic carbocycles. The van der Waals surface area contributed by atoms with Crippen molar-refractivity contribution in [2.45, 2.75) is 53.6 Å². The summed E-state index contributed by atoms with van der Waals surface area (Å²) in [6, 6.07) is 30.2. The van der Waals surface area contributed by atoms with E-state index in [1.807, 2.05) is 12.1 Å². The van der Waals surface area contributed by atoms with E-state index >= 15 is 0 Å². The number of aryl methyl sites for hydroxylation is 2. The summed E-state index contributed by atoms with van der Waals surface area (Å²) < 4.78 is 3.12. The number of quaternary nitrogens is 1. The molecule has 0 aliphatic heterocycles. The molecule has 1 heterocycles. The Balaban J connectivity index is 1.34. The van der Waals surface area contributed by atoms with Gasteiger partial charge in [0.25, 0.3) is 5.91 Å². The Labute approximate surface area is 263 Å². The monoisotopic (exact) mass is 641 g/mol. The van der Waals surface area contributed by atoms with Crippen molar-refractivity contribution < 1.29 is 9.28 Å². The zero-order valence-corrected chi connectivity index (χ0v) is 27.7. The van der Waals surface area contributed by atoms with Gasteiger partial charge in [-0.05, 0) is 84.9 Å². The van der Waals surface area contributed by atoms with Gasteiger partial charge in [-0.25, -0.2) is 0 Å². The van der Waals surface area contributed by atoms with Gasteiger partial charge in [-0.2, -0.15) is 0 Å². The lowest BCUT2D eigenvalue weighted by atomic mass is 10.1. The van der Waals surface area contributed by atoms with Gasteiger partial charge in [-0.15, -0.1) is 11.3 Å². The van der Waals surface area contributed by atoms with Crippen molar-refractivity contribution in [1.82, 2.24) is 4.90 Å². The molecule has 0 saturated heterocycles. The number of carbonyl (C=O) groups is 1. The molecule has 0 spiro atoms. The molecule has 0 aliphatic rings. The van der Waals surface area contributed by atoms with Gasteiger partial charge in [-0.1, -0.05) is 83.9 Å². The van der Waals surface area contributed by atoms with Gasteiger partial charge in [0.15, 0.2) is 0 Å². The van der Waals surface area contributed by atoms with Crippen LogP contribution in [0.3, 0.4) is 0 Å².